The van der Waals surface area contributed by atoms with E-state index in [4.69, 9.17) is 0 Å². The van der Waals surface area contributed by atoms with E-state index in [1.165, 1.54) is 21.4 Å². The zero-order valence-electron chi connectivity index (χ0n) is 13.9. The number of hydrogen-bond acceptors (Lipinski definition) is 4. The molecule has 26 heavy (non-hydrogen) atoms. The topological polar surface area (TPSA) is 47.3 Å². The molecule has 4 rings (SSSR count). The van der Waals surface area contributed by atoms with Crippen molar-refractivity contribution in [1.82, 2.24) is 14.6 Å². The summed E-state index contributed by atoms with van der Waals surface area (Å²) in [7, 11) is 0. The Labute approximate surface area is 162 Å². The highest BCUT2D eigenvalue weighted by molar-refractivity contribution is 9.10. The number of aromatic nitrogens is 3. The lowest BCUT2D eigenvalue weighted by Gasteiger charge is -1.93. The highest BCUT2D eigenvalue weighted by Crippen LogP contribution is 2.12. The monoisotopic (exact) mass is 423 g/mol. The molecule has 2 heterocycles. The molecule has 0 amide bonds. The third-order valence-corrected chi connectivity index (χ3v) is 5.36. The van der Waals surface area contributed by atoms with E-state index in [1.54, 1.807) is 0 Å². The van der Waals surface area contributed by atoms with E-state index in [9.17, 15) is 4.79 Å². The Kier molecular flexibility index (Phi) is 4.53. The normalized spacial score (nSPS) is 12.5. The second-order valence-electron chi connectivity index (χ2n) is 5.88. The molecule has 0 radical (unpaired) electrons. The predicted molar refractivity (Wildman–Crippen MR) is 110 cm³/mol. The van der Waals surface area contributed by atoms with E-state index in [0.29, 0.717) is 15.3 Å². The maximum Gasteiger partial charge on any atom is 0.291 e. The minimum absolute atomic E-state index is 0.143. The van der Waals surface area contributed by atoms with Gasteiger partial charge in [0, 0.05) is 4.47 Å². The minimum Gasteiger partial charge on any atom is -0.266 e. The number of thiazole rings is 1. The summed E-state index contributed by atoms with van der Waals surface area (Å²) in [6, 6.07) is 16.0. The fourth-order valence-corrected chi connectivity index (χ4v) is 3.66. The van der Waals surface area contributed by atoms with Crippen molar-refractivity contribution in [2.24, 2.45) is 0 Å². The molecule has 6 heteroatoms. The van der Waals surface area contributed by atoms with Gasteiger partial charge in [-0.15, -0.1) is 5.10 Å². The molecule has 4 nitrogen and oxygen atoms in total. The van der Waals surface area contributed by atoms with Gasteiger partial charge in [0.25, 0.3) is 5.56 Å². The highest BCUT2D eigenvalue weighted by atomic mass is 79.9. The van der Waals surface area contributed by atoms with Crippen molar-refractivity contribution in [3.05, 3.63) is 90.4 Å². The molecule has 0 bridgehead atoms. The van der Waals surface area contributed by atoms with Crippen LogP contribution in [-0.4, -0.2) is 14.6 Å². The smallest absolute Gasteiger partial charge is 0.266 e. The van der Waals surface area contributed by atoms with Gasteiger partial charge in [-0.3, -0.25) is 4.79 Å². The van der Waals surface area contributed by atoms with Crippen LogP contribution < -0.4 is 10.1 Å². The molecule has 0 spiro atoms. The molecule has 0 saturated heterocycles. The minimum atomic E-state index is -0.143. The summed E-state index contributed by atoms with van der Waals surface area (Å²) in [6.45, 7) is 2.05. The van der Waals surface area contributed by atoms with Crippen LogP contribution in [-0.2, 0) is 0 Å². The summed E-state index contributed by atoms with van der Waals surface area (Å²) in [5, 5.41) is 4.31. The molecular formula is C20H14BrN3OS. The number of nitrogens with zero attached hydrogens (tertiary/aromatic N) is 3. The van der Waals surface area contributed by atoms with Gasteiger partial charge >= 0.3 is 0 Å². The maximum absolute atomic E-state index is 12.5. The fourth-order valence-electron chi connectivity index (χ4n) is 2.48. The van der Waals surface area contributed by atoms with Crippen LogP contribution in [0.5, 0.6) is 0 Å². The van der Waals surface area contributed by atoms with Crippen LogP contribution in [0.1, 0.15) is 22.5 Å². The van der Waals surface area contributed by atoms with Crippen molar-refractivity contribution in [2.45, 2.75) is 6.92 Å². The van der Waals surface area contributed by atoms with Crippen LogP contribution in [0.3, 0.4) is 0 Å². The Morgan fingerprint density at radius 3 is 2.38 bits per heavy atom. The van der Waals surface area contributed by atoms with Gasteiger partial charge in [0.05, 0.1) is 4.53 Å². The van der Waals surface area contributed by atoms with Gasteiger partial charge in [0.2, 0.25) is 4.96 Å². The van der Waals surface area contributed by atoms with E-state index in [0.717, 1.165) is 15.6 Å². The largest absolute Gasteiger partial charge is 0.291 e. The summed E-state index contributed by atoms with van der Waals surface area (Å²) < 4.78 is 2.99. The molecule has 0 saturated carbocycles. The first-order valence-electron chi connectivity index (χ1n) is 8.00. The van der Waals surface area contributed by atoms with Crippen LogP contribution >= 0.6 is 27.3 Å². The van der Waals surface area contributed by atoms with Gasteiger partial charge in [-0.1, -0.05) is 75.3 Å². The molecule has 2 aromatic carbocycles. The number of fused-ring (bicyclic) bond motifs is 1. The van der Waals surface area contributed by atoms with Gasteiger partial charge in [-0.05, 0) is 42.3 Å². The number of hydrogen-bond donors (Lipinski definition) is 0. The standard InChI is InChI=1S/C20H14BrN3OS/c1-13-2-4-14(5-3-13)8-11-18-22-20-24(23-18)19(25)17(26-20)12-15-6-9-16(21)10-7-15/h2-12H,1H3/b11-8+,17-12+. The lowest BCUT2D eigenvalue weighted by molar-refractivity contribution is 0.925. The molecule has 0 unspecified atom stereocenters. The highest BCUT2D eigenvalue weighted by Gasteiger charge is 2.08. The zero-order chi connectivity index (χ0) is 18.1. The molecule has 0 aliphatic carbocycles. The van der Waals surface area contributed by atoms with Gasteiger partial charge in [-0.2, -0.15) is 9.50 Å². The number of rotatable bonds is 3. The molecule has 2 aromatic heterocycles. The first-order chi connectivity index (χ1) is 12.6. The molecule has 0 aliphatic rings. The number of aryl methyl sites for hydroxylation is 1. The maximum atomic E-state index is 12.5. The Bertz CT molecular complexity index is 1210. The first-order valence-corrected chi connectivity index (χ1v) is 9.61. The van der Waals surface area contributed by atoms with E-state index in [2.05, 4.69) is 45.1 Å². The molecular weight excluding hydrogens is 410 g/mol. The predicted octanol–water partition coefficient (Wildman–Crippen LogP) is 3.94. The van der Waals surface area contributed by atoms with Gasteiger partial charge in [0.15, 0.2) is 5.82 Å². The van der Waals surface area contributed by atoms with Crippen LogP contribution in [0.4, 0.5) is 0 Å². The summed E-state index contributed by atoms with van der Waals surface area (Å²) >= 11 is 4.75. The third-order valence-electron chi connectivity index (χ3n) is 3.87. The van der Waals surface area contributed by atoms with Crippen molar-refractivity contribution in [3.63, 3.8) is 0 Å². The average Bonchev–Trinajstić information content (AvgIpc) is 3.16. The molecule has 0 fully saturated rings. The second-order valence-corrected chi connectivity index (χ2v) is 7.80. The molecule has 4 aromatic rings. The number of benzene rings is 2. The summed E-state index contributed by atoms with van der Waals surface area (Å²) in [5.41, 5.74) is 3.11. The lowest BCUT2D eigenvalue weighted by atomic mass is 10.1. The number of halogens is 1. The van der Waals surface area contributed by atoms with E-state index in [1.807, 2.05) is 54.6 Å². The zero-order valence-corrected chi connectivity index (χ0v) is 16.3. The fraction of sp³-hybridized carbons (Fsp3) is 0.0500. The van der Waals surface area contributed by atoms with Gasteiger partial charge < -0.3 is 0 Å². The molecule has 0 N–H and O–H groups in total. The lowest BCUT2D eigenvalue weighted by Crippen LogP contribution is -2.23. The Hall–Kier alpha value is -2.57. The van der Waals surface area contributed by atoms with Crippen molar-refractivity contribution in [1.29, 1.82) is 0 Å². The van der Waals surface area contributed by atoms with E-state index in [-0.39, 0.29) is 5.56 Å². The van der Waals surface area contributed by atoms with Crippen molar-refractivity contribution >= 4 is 50.5 Å². The SMILES string of the molecule is Cc1ccc(/C=C/c2nc3s/c(=C/c4ccc(Br)cc4)c(=O)n3n2)cc1. The molecule has 0 atom stereocenters. The Balaban J connectivity index is 1.66. The van der Waals surface area contributed by atoms with Crippen molar-refractivity contribution < 1.29 is 0 Å². The van der Waals surface area contributed by atoms with E-state index < -0.39 is 0 Å². The third kappa shape index (κ3) is 3.52. The Morgan fingerprint density at radius 2 is 1.69 bits per heavy atom. The van der Waals surface area contributed by atoms with Gasteiger partial charge in [-0.25, -0.2) is 0 Å². The van der Waals surface area contributed by atoms with Gasteiger partial charge in [0.1, 0.15) is 0 Å². The summed E-state index contributed by atoms with van der Waals surface area (Å²) in [6.07, 6.45) is 5.62. The van der Waals surface area contributed by atoms with Crippen molar-refractivity contribution in [2.75, 3.05) is 0 Å². The molecule has 0 aliphatic heterocycles. The van der Waals surface area contributed by atoms with E-state index >= 15 is 0 Å². The molecule has 128 valence electrons. The summed E-state index contributed by atoms with van der Waals surface area (Å²) in [4.78, 5) is 17.6. The summed E-state index contributed by atoms with van der Waals surface area (Å²) in [5.74, 6) is 0.532. The van der Waals surface area contributed by atoms with Crippen LogP contribution in [0.15, 0.2) is 57.8 Å². The Morgan fingerprint density at radius 1 is 1.00 bits per heavy atom. The van der Waals surface area contributed by atoms with Crippen LogP contribution in [0.25, 0.3) is 23.2 Å². The second kappa shape index (κ2) is 6.97. The van der Waals surface area contributed by atoms with Crippen LogP contribution in [0.2, 0.25) is 0 Å². The quantitative estimate of drug-likeness (QED) is 0.501. The first kappa shape index (κ1) is 16.9. The average molecular weight is 424 g/mol. The van der Waals surface area contributed by atoms with Crippen LogP contribution in [0, 0.1) is 6.92 Å². The van der Waals surface area contributed by atoms with Crippen molar-refractivity contribution in [3.8, 4) is 0 Å².